The van der Waals surface area contributed by atoms with E-state index in [1.807, 2.05) is 36.7 Å². The van der Waals surface area contributed by atoms with E-state index in [9.17, 15) is 0 Å². The maximum absolute atomic E-state index is 4.78. The third-order valence-electron chi connectivity index (χ3n) is 5.80. The van der Waals surface area contributed by atoms with Crippen LogP contribution in [0.2, 0.25) is 0 Å². The van der Waals surface area contributed by atoms with Gasteiger partial charge in [-0.25, -0.2) is 4.98 Å². The molecule has 4 aromatic rings. The zero-order valence-electron chi connectivity index (χ0n) is 16.9. The molecule has 0 aliphatic carbocycles. The summed E-state index contributed by atoms with van der Waals surface area (Å²) < 4.78 is 0. The quantitative estimate of drug-likeness (QED) is 0.502. The van der Waals surface area contributed by atoms with Gasteiger partial charge >= 0.3 is 0 Å². The van der Waals surface area contributed by atoms with Crippen molar-refractivity contribution in [1.82, 2.24) is 15.0 Å². The number of aromatic nitrogens is 3. The van der Waals surface area contributed by atoms with Gasteiger partial charge in [0.25, 0.3) is 0 Å². The minimum Gasteiger partial charge on any atom is -0.341 e. The van der Waals surface area contributed by atoms with Crippen LogP contribution in [0, 0.1) is 5.92 Å². The molecule has 0 atom stereocenters. The lowest BCUT2D eigenvalue weighted by Gasteiger charge is -2.32. The van der Waals surface area contributed by atoms with Crippen molar-refractivity contribution in [2.45, 2.75) is 19.3 Å². The van der Waals surface area contributed by atoms with Gasteiger partial charge in [-0.3, -0.25) is 4.98 Å². The topological polar surface area (TPSA) is 53.9 Å². The Labute approximate surface area is 176 Å². The Hall–Kier alpha value is -3.47. The van der Waals surface area contributed by atoms with Crippen LogP contribution in [0.15, 0.2) is 79.1 Å². The first-order valence-corrected chi connectivity index (χ1v) is 10.6. The molecule has 3 heterocycles. The van der Waals surface area contributed by atoms with Crippen LogP contribution in [0.5, 0.6) is 0 Å². The van der Waals surface area contributed by atoms with Gasteiger partial charge in [0.05, 0.1) is 11.2 Å². The molecule has 1 N–H and O–H groups in total. The smallest absolute Gasteiger partial charge is 0.227 e. The van der Waals surface area contributed by atoms with E-state index in [0.29, 0.717) is 0 Å². The molecule has 1 aliphatic heterocycles. The Kier molecular flexibility index (Phi) is 5.25. The van der Waals surface area contributed by atoms with E-state index in [-0.39, 0.29) is 0 Å². The van der Waals surface area contributed by atoms with Crippen LogP contribution in [0.4, 0.5) is 17.5 Å². The lowest BCUT2D eigenvalue weighted by Crippen LogP contribution is -2.35. The zero-order chi connectivity index (χ0) is 20.2. The maximum atomic E-state index is 4.78. The van der Waals surface area contributed by atoms with Crippen LogP contribution in [-0.4, -0.2) is 28.0 Å². The van der Waals surface area contributed by atoms with E-state index in [4.69, 9.17) is 4.98 Å². The van der Waals surface area contributed by atoms with Crippen molar-refractivity contribution in [2.24, 2.45) is 5.92 Å². The number of para-hydroxylation sites is 1. The number of pyridine rings is 1. The second-order valence-corrected chi connectivity index (χ2v) is 7.87. The molecule has 0 radical (unpaired) electrons. The monoisotopic (exact) mass is 395 g/mol. The van der Waals surface area contributed by atoms with Gasteiger partial charge in [-0.05, 0) is 48.9 Å². The number of fused-ring (bicyclic) bond motifs is 1. The Morgan fingerprint density at radius 1 is 0.833 bits per heavy atom. The van der Waals surface area contributed by atoms with Crippen molar-refractivity contribution in [3.63, 3.8) is 0 Å². The summed E-state index contributed by atoms with van der Waals surface area (Å²) in [6.07, 6.45) is 7.15. The molecular formula is C25H25N5. The SMILES string of the molecule is c1ccc(CC2CCN(c3nccc(Nc4cccc5cccnc45)n3)CC2)cc1. The fourth-order valence-electron chi connectivity index (χ4n) is 4.20. The molecule has 2 aromatic heterocycles. The fraction of sp³-hybridized carbons (Fsp3) is 0.240. The third kappa shape index (κ3) is 4.10. The molecule has 2 aromatic carbocycles. The van der Waals surface area contributed by atoms with Crippen LogP contribution in [-0.2, 0) is 6.42 Å². The van der Waals surface area contributed by atoms with Crippen LogP contribution >= 0.6 is 0 Å². The molecule has 0 unspecified atom stereocenters. The standard InChI is InChI=1S/C25H25N5/c1-2-6-19(7-3-1)18-20-12-16-30(17-13-20)25-27-15-11-23(29-25)28-22-10-4-8-21-9-5-14-26-24(21)22/h1-11,14-15,20H,12-13,16-18H2,(H,27,28,29). The summed E-state index contributed by atoms with van der Waals surface area (Å²) in [5, 5.41) is 4.54. The van der Waals surface area contributed by atoms with Crippen molar-refractivity contribution in [1.29, 1.82) is 0 Å². The van der Waals surface area contributed by atoms with Crippen LogP contribution in [0.3, 0.4) is 0 Å². The van der Waals surface area contributed by atoms with E-state index in [1.54, 1.807) is 0 Å². The molecule has 0 saturated carbocycles. The highest BCUT2D eigenvalue weighted by Crippen LogP contribution is 2.26. The molecule has 5 heteroatoms. The molecule has 150 valence electrons. The molecule has 5 nitrogen and oxygen atoms in total. The summed E-state index contributed by atoms with van der Waals surface area (Å²) in [6.45, 7) is 1.99. The molecule has 0 spiro atoms. The van der Waals surface area contributed by atoms with Gasteiger partial charge in [0, 0.05) is 30.9 Å². The van der Waals surface area contributed by atoms with Gasteiger partial charge in [0.1, 0.15) is 5.82 Å². The largest absolute Gasteiger partial charge is 0.341 e. The number of anilines is 3. The van der Waals surface area contributed by atoms with E-state index >= 15 is 0 Å². The lowest BCUT2D eigenvalue weighted by atomic mass is 9.90. The second kappa shape index (κ2) is 8.49. The number of piperidine rings is 1. The first-order chi connectivity index (χ1) is 14.8. The van der Waals surface area contributed by atoms with E-state index in [1.165, 1.54) is 18.4 Å². The number of nitrogens with one attached hydrogen (secondary N) is 1. The Morgan fingerprint density at radius 2 is 1.67 bits per heavy atom. The predicted octanol–water partition coefficient (Wildman–Crippen LogP) is 5.23. The summed E-state index contributed by atoms with van der Waals surface area (Å²) >= 11 is 0. The van der Waals surface area contributed by atoms with Gasteiger partial charge in [0.15, 0.2) is 0 Å². The summed E-state index contributed by atoms with van der Waals surface area (Å²) in [4.78, 5) is 16.1. The minimum atomic E-state index is 0.728. The van der Waals surface area contributed by atoms with Gasteiger partial charge in [0.2, 0.25) is 5.95 Å². The highest BCUT2D eigenvalue weighted by atomic mass is 15.3. The first kappa shape index (κ1) is 18.6. The van der Waals surface area contributed by atoms with Gasteiger partial charge < -0.3 is 10.2 Å². The second-order valence-electron chi connectivity index (χ2n) is 7.87. The van der Waals surface area contributed by atoms with Crippen molar-refractivity contribution in [3.05, 3.63) is 84.7 Å². The van der Waals surface area contributed by atoms with Crippen molar-refractivity contribution >= 4 is 28.4 Å². The number of rotatable bonds is 5. The first-order valence-electron chi connectivity index (χ1n) is 10.6. The predicted molar refractivity (Wildman–Crippen MR) is 122 cm³/mol. The van der Waals surface area contributed by atoms with Crippen LogP contribution in [0.25, 0.3) is 10.9 Å². The van der Waals surface area contributed by atoms with Gasteiger partial charge in [-0.15, -0.1) is 0 Å². The Bertz CT molecular complexity index is 1120. The van der Waals surface area contributed by atoms with E-state index in [2.05, 4.69) is 62.6 Å². The van der Waals surface area contributed by atoms with Crippen molar-refractivity contribution < 1.29 is 0 Å². The number of hydrogen-bond donors (Lipinski definition) is 1. The summed E-state index contributed by atoms with van der Waals surface area (Å²) in [7, 11) is 0. The normalized spacial score (nSPS) is 14.7. The van der Waals surface area contributed by atoms with Gasteiger partial charge in [-0.2, -0.15) is 4.98 Å². The number of benzene rings is 2. The summed E-state index contributed by atoms with van der Waals surface area (Å²) in [6, 6.07) is 22.9. The number of hydrogen-bond acceptors (Lipinski definition) is 5. The molecule has 5 rings (SSSR count). The van der Waals surface area contributed by atoms with Crippen molar-refractivity contribution in [2.75, 3.05) is 23.3 Å². The molecule has 1 fully saturated rings. The molecule has 1 aliphatic rings. The Morgan fingerprint density at radius 3 is 2.53 bits per heavy atom. The highest BCUT2D eigenvalue weighted by molar-refractivity contribution is 5.91. The third-order valence-corrected chi connectivity index (χ3v) is 5.80. The van der Waals surface area contributed by atoms with E-state index in [0.717, 1.165) is 53.8 Å². The molecule has 0 amide bonds. The number of nitrogens with zero attached hydrogens (tertiary/aromatic N) is 4. The average molecular weight is 396 g/mol. The molecule has 0 bridgehead atoms. The fourth-order valence-corrected chi connectivity index (χ4v) is 4.20. The average Bonchev–Trinajstić information content (AvgIpc) is 2.81. The molecule has 30 heavy (non-hydrogen) atoms. The van der Waals surface area contributed by atoms with Crippen molar-refractivity contribution in [3.8, 4) is 0 Å². The van der Waals surface area contributed by atoms with Crippen LogP contribution in [0.1, 0.15) is 18.4 Å². The zero-order valence-corrected chi connectivity index (χ0v) is 16.9. The summed E-state index contributed by atoms with van der Waals surface area (Å²) in [5.41, 5.74) is 3.34. The minimum absolute atomic E-state index is 0.728. The van der Waals surface area contributed by atoms with E-state index < -0.39 is 0 Å². The summed E-state index contributed by atoms with van der Waals surface area (Å²) in [5.74, 6) is 2.32. The molecular weight excluding hydrogens is 370 g/mol. The van der Waals surface area contributed by atoms with Crippen LogP contribution < -0.4 is 10.2 Å². The van der Waals surface area contributed by atoms with Gasteiger partial charge in [-0.1, -0.05) is 48.5 Å². The lowest BCUT2D eigenvalue weighted by molar-refractivity contribution is 0.400. The highest BCUT2D eigenvalue weighted by Gasteiger charge is 2.21. The Balaban J connectivity index is 1.26. The maximum Gasteiger partial charge on any atom is 0.227 e. The molecule has 1 saturated heterocycles.